The minimum atomic E-state index is -3.50. The maximum Gasteiger partial charge on any atom is 0.244 e. The maximum absolute atomic E-state index is 12.8. The molecule has 0 amide bonds. The second kappa shape index (κ2) is 9.80. The second-order valence-corrected chi connectivity index (χ2v) is 10.7. The monoisotopic (exact) mass is 471 g/mol. The molecule has 1 saturated heterocycles. The average molecular weight is 472 g/mol. The van der Waals surface area contributed by atoms with Crippen LogP contribution in [0.25, 0.3) is 0 Å². The van der Waals surface area contributed by atoms with Crippen molar-refractivity contribution in [2.45, 2.75) is 41.4 Å². The van der Waals surface area contributed by atoms with Crippen LogP contribution in [0.2, 0.25) is 0 Å². The van der Waals surface area contributed by atoms with Crippen molar-refractivity contribution in [3.05, 3.63) is 54.5 Å². The Morgan fingerprint density at radius 1 is 1.03 bits per heavy atom. The quantitative estimate of drug-likeness (QED) is 0.497. The molecule has 0 radical (unpaired) electrons. The molecule has 0 bridgehead atoms. The molecule has 1 fully saturated rings. The van der Waals surface area contributed by atoms with Gasteiger partial charge >= 0.3 is 0 Å². The van der Waals surface area contributed by atoms with Gasteiger partial charge in [0.05, 0.1) is 10.3 Å². The summed E-state index contributed by atoms with van der Waals surface area (Å²) in [6, 6.07) is 12.9. The van der Waals surface area contributed by atoms with Crippen LogP contribution < -0.4 is 11.1 Å². The summed E-state index contributed by atoms with van der Waals surface area (Å²) < 4.78 is 27.1. The molecule has 1 atom stereocenters. The summed E-state index contributed by atoms with van der Waals surface area (Å²) in [6.45, 7) is 3.07. The van der Waals surface area contributed by atoms with Gasteiger partial charge in [-0.05, 0) is 44.0 Å². The van der Waals surface area contributed by atoms with Gasteiger partial charge in [0, 0.05) is 25.0 Å². The van der Waals surface area contributed by atoms with Gasteiger partial charge in [-0.1, -0.05) is 36.4 Å². The Labute approximate surface area is 192 Å². The number of nitrogens with one attached hydrogen (secondary N) is 1. The molecule has 1 unspecified atom stereocenters. The van der Waals surface area contributed by atoms with E-state index in [1.807, 2.05) is 37.3 Å². The zero-order valence-corrected chi connectivity index (χ0v) is 19.3. The molecule has 1 aliphatic rings. The van der Waals surface area contributed by atoms with Crippen LogP contribution in [0, 0.1) is 0 Å². The highest BCUT2D eigenvalue weighted by Crippen LogP contribution is 2.33. The highest BCUT2D eigenvalue weighted by Gasteiger charge is 2.26. The fourth-order valence-electron chi connectivity index (χ4n) is 3.37. The topological polar surface area (TPSA) is 127 Å². The van der Waals surface area contributed by atoms with Crippen LogP contribution in [-0.2, 0) is 10.0 Å². The number of para-hydroxylation sites is 1. The fraction of sp³-hybridized carbons (Fsp3) is 0.333. The molecule has 0 aliphatic carbocycles. The van der Waals surface area contributed by atoms with Crippen molar-refractivity contribution >= 4 is 39.4 Å². The van der Waals surface area contributed by atoms with Gasteiger partial charge in [0.2, 0.25) is 21.9 Å². The molecule has 168 valence electrons. The van der Waals surface area contributed by atoms with Gasteiger partial charge in [-0.3, -0.25) is 0 Å². The molecule has 0 spiro atoms. The smallest absolute Gasteiger partial charge is 0.244 e. The predicted octanol–water partition coefficient (Wildman–Crippen LogP) is 3.62. The number of pyridine rings is 1. The van der Waals surface area contributed by atoms with Gasteiger partial charge < -0.3 is 11.1 Å². The molecule has 3 aromatic rings. The minimum absolute atomic E-state index is 0.122. The number of hydrogen-bond acceptors (Lipinski definition) is 9. The molecule has 1 aliphatic heterocycles. The van der Waals surface area contributed by atoms with Gasteiger partial charge in [-0.15, -0.1) is 0 Å². The molecule has 9 nitrogen and oxygen atoms in total. The van der Waals surface area contributed by atoms with E-state index in [0.29, 0.717) is 29.9 Å². The summed E-state index contributed by atoms with van der Waals surface area (Å²) >= 11 is 1.42. The van der Waals surface area contributed by atoms with Crippen LogP contribution in [-0.4, -0.2) is 45.7 Å². The largest absolute Gasteiger partial charge is 0.368 e. The van der Waals surface area contributed by atoms with Crippen molar-refractivity contribution in [2.75, 3.05) is 24.1 Å². The predicted molar refractivity (Wildman–Crippen MR) is 125 cm³/mol. The van der Waals surface area contributed by atoms with Crippen molar-refractivity contribution in [3.63, 3.8) is 0 Å². The number of benzene rings is 1. The average Bonchev–Trinajstić information content (AvgIpc) is 2.80. The number of nitrogens with zero attached hydrogens (tertiary/aromatic N) is 5. The third kappa shape index (κ3) is 5.34. The van der Waals surface area contributed by atoms with Crippen molar-refractivity contribution in [1.82, 2.24) is 24.2 Å². The fourth-order valence-corrected chi connectivity index (χ4v) is 5.67. The minimum Gasteiger partial charge on any atom is -0.368 e. The van der Waals surface area contributed by atoms with Crippen LogP contribution in [0.15, 0.2) is 58.6 Å². The van der Waals surface area contributed by atoms with Crippen molar-refractivity contribution in [1.29, 1.82) is 0 Å². The van der Waals surface area contributed by atoms with Crippen molar-refractivity contribution < 1.29 is 8.42 Å². The van der Waals surface area contributed by atoms with Gasteiger partial charge in [0.25, 0.3) is 0 Å². The number of piperidine rings is 1. The first-order chi connectivity index (χ1) is 15.4. The molecule has 0 saturated carbocycles. The number of nitrogen functional groups attached to an aromatic ring is 1. The SMILES string of the molecule is CC(Sc1ccc(S(=O)(=O)N2CCCCC2)cn1)c1nc(N)nc(Nc2ccccc2)n1. The van der Waals surface area contributed by atoms with Gasteiger partial charge in [0.1, 0.15) is 10.7 Å². The van der Waals surface area contributed by atoms with Crippen LogP contribution in [0.3, 0.4) is 0 Å². The molecule has 3 heterocycles. The molecule has 32 heavy (non-hydrogen) atoms. The van der Waals surface area contributed by atoms with E-state index in [4.69, 9.17) is 5.73 Å². The van der Waals surface area contributed by atoms with Gasteiger partial charge in [-0.2, -0.15) is 19.3 Å². The van der Waals surface area contributed by atoms with Gasteiger partial charge in [0.15, 0.2) is 0 Å². The first kappa shape index (κ1) is 22.4. The highest BCUT2D eigenvalue weighted by molar-refractivity contribution is 7.99. The number of nitrogens with two attached hydrogens (primary N) is 1. The molecule has 1 aromatic carbocycles. The number of anilines is 3. The Kier molecular flexibility index (Phi) is 6.87. The zero-order chi connectivity index (χ0) is 22.6. The number of rotatable bonds is 7. The second-order valence-electron chi connectivity index (χ2n) is 7.42. The lowest BCUT2D eigenvalue weighted by Crippen LogP contribution is -2.35. The molecule has 11 heteroatoms. The third-order valence-electron chi connectivity index (χ3n) is 5.02. The molecule has 2 aromatic heterocycles. The molecular weight excluding hydrogens is 446 g/mol. The van der Waals surface area contributed by atoms with E-state index in [1.165, 1.54) is 22.3 Å². The van der Waals surface area contributed by atoms with E-state index in [0.717, 1.165) is 24.9 Å². The van der Waals surface area contributed by atoms with E-state index >= 15 is 0 Å². The van der Waals surface area contributed by atoms with Crippen LogP contribution in [0.4, 0.5) is 17.6 Å². The first-order valence-corrected chi connectivity index (χ1v) is 12.7. The Balaban J connectivity index is 1.46. The van der Waals surface area contributed by atoms with Crippen LogP contribution >= 0.6 is 11.8 Å². The number of hydrogen-bond donors (Lipinski definition) is 2. The Hall–Kier alpha value is -2.76. The van der Waals surface area contributed by atoms with Crippen LogP contribution in [0.5, 0.6) is 0 Å². The highest BCUT2D eigenvalue weighted by atomic mass is 32.2. The summed E-state index contributed by atoms with van der Waals surface area (Å²) in [5.41, 5.74) is 6.73. The molecular formula is C21H25N7O2S2. The Morgan fingerprint density at radius 3 is 2.47 bits per heavy atom. The van der Waals surface area contributed by atoms with Crippen LogP contribution in [0.1, 0.15) is 37.3 Å². The number of thioether (sulfide) groups is 1. The summed E-state index contributed by atoms with van der Waals surface area (Å²) in [7, 11) is -3.50. The van der Waals surface area contributed by atoms with E-state index < -0.39 is 10.0 Å². The van der Waals surface area contributed by atoms with E-state index in [1.54, 1.807) is 12.1 Å². The van der Waals surface area contributed by atoms with E-state index in [-0.39, 0.29) is 16.1 Å². The van der Waals surface area contributed by atoms with Crippen molar-refractivity contribution in [3.8, 4) is 0 Å². The number of aromatic nitrogens is 4. The first-order valence-electron chi connectivity index (χ1n) is 10.4. The van der Waals surface area contributed by atoms with Gasteiger partial charge in [-0.25, -0.2) is 13.4 Å². The normalized spacial score (nSPS) is 15.9. The molecule has 3 N–H and O–H groups in total. The Morgan fingerprint density at radius 2 is 1.78 bits per heavy atom. The van der Waals surface area contributed by atoms with E-state index in [9.17, 15) is 8.42 Å². The van der Waals surface area contributed by atoms with E-state index in [2.05, 4.69) is 25.3 Å². The lowest BCUT2D eigenvalue weighted by molar-refractivity contribution is 0.346. The molecule has 4 rings (SSSR count). The summed E-state index contributed by atoms with van der Waals surface area (Å²) in [4.78, 5) is 17.5. The zero-order valence-electron chi connectivity index (χ0n) is 17.7. The Bertz CT molecular complexity index is 1150. The maximum atomic E-state index is 12.8. The summed E-state index contributed by atoms with van der Waals surface area (Å²) in [6.07, 6.45) is 4.29. The summed E-state index contributed by atoms with van der Waals surface area (Å²) in [5, 5.41) is 3.62. The third-order valence-corrected chi connectivity index (χ3v) is 7.95. The van der Waals surface area contributed by atoms with Crippen molar-refractivity contribution in [2.24, 2.45) is 0 Å². The standard InChI is InChI=1S/C21H25N7O2S2/c1-15(19-25-20(22)27-21(26-19)24-16-8-4-2-5-9-16)31-18-11-10-17(14-23-18)32(29,30)28-12-6-3-7-13-28/h2,4-5,8-11,14-15H,3,6-7,12-13H2,1H3,(H3,22,24,25,26,27). The lowest BCUT2D eigenvalue weighted by atomic mass is 10.2. The summed E-state index contributed by atoms with van der Waals surface area (Å²) in [5.74, 6) is 0.992. The lowest BCUT2D eigenvalue weighted by Gasteiger charge is -2.25. The number of sulfonamides is 1.